The number of aromatic nitrogens is 1. The summed E-state index contributed by atoms with van der Waals surface area (Å²) in [5.41, 5.74) is 0.761. The smallest absolute Gasteiger partial charge is 0.239 e. The molecule has 8 heteroatoms. The number of carbonyl (C=O) groups is 1. The van der Waals surface area contributed by atoms with Gasteiger partial charge in [-0.1, -0.05) is 5.16 Å². The molecule has 1 amide bonds. The fraction of sp³-hybridized carbons (Fsp3) is 0.375. The lowest BCUT2D eigenvalue weighted by molar-refractivity contribution is -0.115. The van der Waals surface area contributed by atoms with E-state index >= 15 is 0 Å². The van der Waals surface area contributed by atoms with Crippen LogP contribution in [0.2, 0.25) is 0 Å². The van der Waals surface area contributed by atoms with Gasteiger partial charge in [0, 0.05) is 18.2 Å². The predicted molar refractivity (Wildman–Crippen MR) is 90.0 cm³/mol. The second-order valence-corrected chi connectivity index (χ2v) is 6.24. The van der Waals surface area contributed by atoms with Crippen molar-refractivity contribution in [3.63, 3.8) is 0 Å². The minimum absolute atomic E-state index is 0.0433. The number of anilines is 1. The van der Waals surface area contributed by atoms with Crippen molar-refractivity contribution in [3.8, 4) is 17.2 Å². The molecule has 7 nitrogen and oxygen atoms in total. The Hall–Kier alpha value is -2.35. The second-order valence-electron chi connectivity index (χ2n) is 5.17. The van der Waals surface area contributed by atoms with Crippen molar-refractivity contribution in [3.05, 3.63) is 29.5 Å². The minimum atomic E-state index is -0.321. The Morgan fingerprint density at radius 1 is 1.17 bits per heavy atom. The maximum Gasteiger partial charge on any atom is 0.239 e. The van der Waals surface area contributed by atoms with E-state index in [-0.39, 0.29) is 11.3 Å². The summed E-state index contributed by atoms with van der Waals surface area (Å²) >= 11 is 1.48. The number of rotatable bonds is 5. The molecule has 1 atom stereocenters. The number of methoxy groups -OCH3 is 3. The van der Waals surface area contributed by atoms with Crippen molar-refractivity contribution >= 4 is 23.5 Å². The van der Waals surface area contributed by atoms with E-state index in [0.29, 0.717) is 34.6 Å². The Balaban J connectivity index is 2.11. The fourth-order valence-corrected chi connectivity index (χ4v) is 3.84. The maximum absolute atomic E-state index is 12.4. The Morgan fingerprint density at radius 3 is 2.33 bits per heavy atom. The molecule has 1 aromatic carbocycles. The van der Waals surface area contributed by atoms with E-state index in [9.17, 15) is 4.79 Å². The summed E-state index contributed by atoms with van der Waals surface area (Å²) in [6.07, 6.45) is 0. The van der Waals surface area contributed by atoms with Crippen LogP contribution < -0.4 is 19.1 Å². The van der Waals surface area contributed by atoms with Gasteiger partial charge < -0.3 is 18.7 Å². The largest absolute Gasteiger partial charge is 0.496 e. The molecular formula is C16H18N2O5S. The number of thioether (sulfide) groups is 1. The van der Waals surface area contributed by atoms with Gasteiger partial charge in [-0.25, -0.2) is 0 Å². The Morgan fingerprint density at radius 2 is 1.83 bits per heavy atom. The molecule has 0 N–H and O–H groups in total. The third-order valence-corrected chi connectivity index (χ3v) is 4.91. The summed E-state index contributed by atoms with van der Waals surface area (Å²) in [4.78, 5) is 14.0. The normalized spacial score (nSPS) is 17.2. The number of aryl methyl sites for hydroxylation is 1. The average Bonchev–Trinajstić information content (AvgIpc) is 3.18. The molecule has 1 unspecified atom stereocenters. The van der Waals surface area contributed by atoms with Gasteiger partial charge in [-0.15, -0.1) is 11.8 Å². The molecule has 1 aliphatic rings. The molecule has 1 aromatic heterocycles. The third-order valence-electron chi connectivity index (χ3n) is 3.73. The highest BCUT2D eigenvalue weighted by Gasteiger charge is 2.39. The van der Waals surface area contributed by atoms with Gasteiger partial charge in [0.15, 0.2) is 5.82 Å². The van der Waals surface area contributed by atoms with E-state index in [2.05, 4.69) is 5.16 Å². The van der Waals surface area contributed by atoms with Crippen LogP contribution in [-0.2, 0) is 4.79 Å². The van der Waals surface area contributed by atoms with Crippen molar-refractivity contribution in [2.45, 2.75) is 12.3 Å². The lowest BCUT2D eigenvalue weighted by atomic mass is 10.1. The first kappa shape index (κ1) is 16.5. The zero-order chi connectivity index (χ0) is 17.3. The monoisotopic (exact) mass is 350 g/mol. The van der Waals surface area contributed by atoms with E-state index < -0.39 is 0 Å². The number of nitrogens with zero attached hydrogens (tertiary/aromatic N) is 2. The zero-order valence-corrected chi connectivity index (χ0v) is 14.7. The topological polar surface area (TPSA) is 74.0 Å². The highest BCUT2D eigenvalue weighted by molar-refractivity contribution is 8.00. The predicted octanol–water partition coefficient (Wildman–Crippen LogP) is 2.79. The van der Waals surface area contributed by atoms with Crippen molar-refractivity contribution in [1.29, 1.82) is 0 Å². The van der Waals surface area contributed by atoms with E-state index in [1.807, 2.05) is 0 Å². The van der Waals surface area contributed by atoms with Crippen LogP contribution in [0, 0.1) is 6.92 Å². The van der Waals surface area contributed by atoms with Crippen molar-refractivity contribution in [2.24, 2.45) is 0 Å². The van der Waals surface area contributed by atoms with Crippen LogP contribution in [-0.4, -0.2) is 38.1 Å². The highest BCUT2D eigenvalue weighted by Crippen LogP contribution is 2.49. The molecule has 128 valence electrons. The van der Waals surface area contributed by atoms with E-state index in [1.54, 1.807) is 51.4 Å². The first-order valence-electron chi connectivity index (χ1n) is 7.26. The van der Waals surface area contributed by atoms with Crippen LogP contribution >= 0.6 is 11.8 Å². The molecule has 1 saturated heterocycles. The van der Waals surface area contributed by atoms with Crippen LogP contribution in [0.15, 0.2) is 22.7 Å². The molecule has 0 radical (unpaired) electrons. The van der Waals surface area contributed by atoms with Crippen molar-refractivity contribution in [1.82, 2.24) is 5.16 Å². The summed E-state index contributed by atoms with van der Waals surface area (Å²) < 4.78 is 21.4. The van der Waals surface area contributed by atoms with Crippen LogP contribution in [0.1, 0.15) is 16.7 Å². The molecule has 1 fully saturated rings. The standard InChI is InChI=1S/C16H18N2O5S/c1-9-5-13(17-23-9)18-14(19)8-24-16(18)15-11(21-3)6-10(20-2)7-12(15)22-4/h5-7,16H,8H2,1-4H3. The summed E-state index contributed by atoms with van der Waals surface area (Å²) in [5.74, 6) is 3.21. The van der Waals surface area contributed by atoms with Gasteiger partial charge in [0.25, 0.3) is 0 Å². The molecule has 24 heavy (non-hydrogen) atoms. The van der Waals surface area contributed by atoms with Crippen molar-refractivity contribution < 1.29 is 23.5 Å². The summed E-state index contributed by atoms with van der Waals surface area (Å²) in [6.45, 7) is 1.79. The molecule has 0 bridgehead atoms. The van der Waals surface area contributed by atoms with Gasteiger partial charge in [0.05, 0.1) is 32.6 Å². The number of hydrogen-bond donors (Lipinski definition) is 0. The maximum atomic E-state index is 12.4. The molecule has 0 aliphatic carbocycles. The molecule has 2 heterocycles. The number of carbonyl (C=O) groups excluding carboxylic acids is 1. The van der Waals surface area contributed by atoms with Gasteiger partial charge in [-0.3, -0.25) is 9.69 Å². The third kappa shape index (κ3) is 2.77. The first-order valence-corrected chi connectivity index (χ1v) is 8.30. The van der Waals surface area contributed by atoms with Gasteiger partial charge >= 0.3 is 0 Å². The fourth-order valence-electron chi connectivity index (χ4n) is 2.63. The lowest BCUT2D eigenvalue weighted by Gasteiger charge is -2.25. The van der Waals surface area contributed by atoms with Crippen LogP contribution in [0.5, 0.6) is 17.2 Å². The molecule has 0 saturated carbocycles. The number of benzene rings is 1. The Bertz CT molecular complexity index is 736. The number of amides is 1. The van der Waals surface area contributed by atoms with Crippen LogP contribution in [0.4, 0.5) is 5.82 Å². The highest BCUT2D eigenvalue weighted by atomic mass is 32.2. The van der Waals surface area contributed by atoms with Gasteiger partial charge in [0.1, 0.15) is 28.4 Å². The summed E-state index contributed by atoms with van der Waals surface area (Å²) in [6, 6.07) is 5.28. The lowest BCUT2D eigenvalue weighted by Crippen LogP contribution is -2.28. The Kier molecular flexibility index (Phi) is 4.57. The second kappa shape index (κ2) is 6.64. The number of hydrogen-bond acceptors (Lipinski definition) is 7. The van der Waals surface area contributed by atoms with E-state index in [4.69, 9.17) is 18.7 Å². The van der Waals surface area contributed by atoms with E-state index in [0.717, 1.165) is 5.56 Å². The first-order chi connectivity index (χ1) is 11.6. The zero-order valence-electron chi connectivity index (χ0n) is 13.9. The van der Waals surface area contributed by atoms with Crippen LogP contribution in [0.3, 0.4) is 0 Å². The SMILES string of the molecule is COc1cc(OC)c(C2SCC(=O)N2c2cc(C)on2)c(OC)c1. The van der Waals surface area contributed by atoms with Gasteiger partial charge in [-0.2, -0.15) is 0 Å². The quantitative estimate of drug-likeness (QED) is 0.821. The molecule has 1 aliphatic heterocycles. The molecular weight excluding hydrogens is 332 g/mol. The molecule has 0 spiro atoms. The number of ether oxygens (including phenoxy) is 3. The molecule has 3 rings (SSSR count). The van der Waals surface area contributed by atoms with E-state index in [1.165, 1.54) is 11.8 Å². The van der Waals surface area contributed by atoms with Gasteiger partial charge in [0.2, 0.25) is 5.91 Å². The average molecular weight is 350 g/mol. The summed E-state index contributed by atoms with van der Waals surface area (Å²) in [5, 5.41) is 3.66. The minimum Gasteiger partial charge on any atom is -0.496 e. The Labute approximate surface area is 143 Å². The van der Waals surface area contributed by atoms with Crippen LogP contribution in [0.25, 0.3) is 0 Å². The summed E-state index contributed by atoms with van der Waals surface area (Å²) in [7, 11) is 4.72. The van der Waals surface area contributed by atoms with Crippen molar-refractivity contribution in [2.75, 3.05) is 32.0 Å². The van der Waals surface area contributed by atoms with Gasteiger partial charge in [-0.05, 0) is 6.92 Å². The molecule has 2 aromatic rings.